The number of aromatic hydroxyl groups is 1. The molecule has 5 nitrogen and oxygen atoms in total. The molecule has 0 radical (unpaired) electrons. The second-order valence-electron chi connectivity index (χ2n) is 6.86. The van der Waals surface area contributed by atoms with Gasteiger partial charge < -0.3 is 15.1 Å². The summed E-state index contributed by atoms with van der Waals surface area (Å²) in [6, 6.07) is 17.4. The molecule has 3 aromatic rings. The molecule has 0 aliphatic carbocycles. The smallest absolute Gasteiger partial charge is 0.263 e. The third-order valence-corrected chi connectivity index (χ3v) is 8.10. The van der Waals surface area contributed by atoms with Crippen molar-refractivity contribution in [3.05, 3.63) is 76.1 Å². The largest absolute Gasteiger partial charge is 0.506 e. The molecule has 7 heteroatoms. The molecule has 2 aromatic carbocycles. The van der Waals surface area contributed by atoms with Gasteiger partial charge in [-0.05, 0) is 17.7 Å². The minimum atomic E-state index is -0.248. The highest BCUT2D eigenvalue weighted by atomic mass is 79.9. The number of para-hydroxylation sites is 1. The Morgan fingerprint density at radius 2 is 1.82 bits per heavy atom. The minimum Gasteiger partial charge on any atom is -0.506 e. The maximum atomic E-state index is 12.9. The normalized spacial score (nSPS) is 18.5. The van der Waals surface area contributed by atoms with Crippen molar-refractivity contribution in [2.24, 2.45) is 12.1 Å². The second-order valence-corrected chi connectivity index (χ2v) is 8.90. The number of hydrogen-bond acceptors (Lipinski definition) is 4. The molecule has 144 valence electrons. The lowest BCUT2D eigenvalue weighted by molar-refractivity contribution is 0.478. The van der Waals surface area contributed by atoms with Gasteiger partial charge in [0.15, 0.2) is 0 Å². The van der Waals surface area contributed by atoms with Gasteiger partial charge in [0, 0.05) is 18.9 Å². The van der Waals surface area contributed by atoms with Gasteiger partial charge in [-0.15, -0.1) is 0 Å². The standard InChI is InChI=1S/C21H19Br2N3O2/c1-26-16-10-6-5-9-13(16)20(27)17(21(26)28)14-11-15(25-24-14)19(23)18(22)12-7-3-2-4-8-12/h2-10,15,18-19,25,27H,11H2,1H3. The zero-order valence-corrected chi connectivity index (χ0v) is 18.3. The Balaban J connectivity index is 1.64. The topological polar surface area (TPSA) is 66.6 Å². The Labute approximate surface area is 179 Å². The van der Waals surface area contributed by atoms with Gasteiger partial charge in [-0.2, -0.15) is 5.10 Å². The summed E-state index contributed by atoms with van der Waals surface area (Å²) >= 11 is 7.53. The van der Waals surface area contributed by atoms with Crippen molar-refractivity contribution in [1.29, 1.82) is 0 Å². The molecule has 0 amide bonds. The number of aromatic nitrogens is 1. The van der Waals surface area contributed by atoms with Gasteiger partial charge in [-0.3, -0.25) is 4.79 Å². The van der Waals surface area contributed by atoms with Crippen LogP contribution >= 0.6 is 31.9 Å². The van der Waals surface area contributed by atoms with Crippen LogP contribution < -0.4 is 11.0 Å². The van der Waals surface area contributed by atoms with Crippen molar-refractivity contribution in [3.63, 3.8) is 0 Å². The number of pyridine rings is 1. The summed E-state index contributed by atoms with van der Waals surface area (Å²) in [6.07, 6.45) is 0.534. The molecule has 0 spiro atoms. The molecule has 2 heterocycles. The average molecular weight is 505 g/mol. The fourth-order valence-corrected chi connectivity index (χ4v) is 4.85. The molecular formula is C21H19Br2N3O2. The van der Waals surface area contributed by atoms with Crippen LogP contribution in [0.15, 0.2) is 64.5 Å². The maximum Gasteiger partial charge on any atom is 0.263 e. The Morgan fingerprint density at radius 1 is 1.14 bits per heavy atom. The molecule has 1 aromatic heterocycles. The Hall–Kier alpha value is -2.12. The van der Waals surface area contributed by atoms with Crippen molar-refractivity contribution in [2.75, 3.05) is 0 Å². The van der Waals surface area contributed by atoms with E-state index in [0.29, 0.717) is 23.0 Å². The van der Waals surface area contributed by atoms with Crippen LogP contribution in [0.25, 0.3) is 10.9 Å². The van der Waals surface area contributed by atoms with Crippen molar-refractivity contribution in [2.45, 2.75) is 22.1 Å². The third-order valence-electron chi connectivity index (χ3n) is 5.12. The number of nitrogens with one attached hydrogen (secondary N) is 1. The summed E-state index contributed by atoms with van der Waals surface area (Å²) in [5.74, 6) is -0.00975. The lowest BCUT2D eigenvalue weighted by Crippen LogP contribution is -2.33. The SMILES string of the molecule is Cn1c(=O)c(C2=NNC(C(Br)C(Br)c3ccccc3)C2)c(O)c2ccccc21. The number of alkyl halides is 2. The highest BCUT2D eigenvalue weighted by molar-refractivity contribution is 9.12. The van der Waals surface area contributed by atoms with Gasteiger partial charge >= 0.3 is 0 Å². The maximum absolute atomic E-state index is 12.9. The number of nitrogens with zero attached hydrogens (tertiary/aromatic N) is 2. The summed E-state index contributed by atoms with van der Waals surface area (Å²) in [6.45, 7) is 0. The van der Waals surface area contributed by atoms with E-state index in [4.69, 9.17) is 0 Å². The van der Waals surface area contributed by atoms with Crippen LogP contribution in [0.3, 0.4) is 0 Å². The summed E-state index contributed by atoms with van der Waals surface area (Å²) in [7, 11) is 1.71. The zero-order valence-electron chi connectivity index (χ0n) is 15.1. The summed E-state index contributed by atoms with van der Waals surface area (Å²) < 4.78 is 1.56. The Bertz CT molecular complexity index is 1110. The number of hydrogen-bond donors (Lipinski definition) is 2. The van der Waals surface area contributed by atoms with Gasteiger partial charge in [0.1, 0.15) is 11.3 Å². The van der Waals surface area contributed by atoms with E-state index in [2.05, 4.69) is 54.5 Å². The molecule has 0 fully saturated rings. The Morgan fingerprint density at radius 3 is 2.57 bits per heavy atom. The van der Waals surface area contributed by atoms with Crippen molar-refractivity contribution < 1.29 is 5.11 Å². The molecule has 0 saturated carbocycles. The average Bonchev–Trinajstić information content (AvgIpc) is 3.21. The molecule has 0 bridgehead atoms. The third kappa shape index (κ3) is 3.26. The first-order valence-corrected chi connectivity index (χ1v) is 10.8. The number of halogens is 2. The van der Waals surface area contributed by atoms with Crippen LogP contribution in [-0.2, 0) is 7.05 Å². The Kier molecular flexibility index (Phi) is 5.29. The fraction of sp³-hybridized carbons (Fsp3) is 0.238. The highest BCUT2D eigenvalue weighted by Crippen LogP contribution is 2.36. The molecule has 1 aliphatic rings. The van der Waals surface area contributed by atoms with Crippen molar-refractivity contribution in [3.8, 4) is 5.75 Å². The fourth-order valence-electron chi connectivity index (χ4n) is 3.57. The zero-order chi connectivity index (χ0) is 19.8. The molecule has 3 unspecified atom stereocenters. The van der Waals surface area contributed by atoms with Gasteiger partial charge in [0.25, 0.3) is 5.56 Å². The van der Waals surface area contributed by atoms with Gasteiger partial charge in [0.2, 0.25) is 0 Å². The quantitative estimate of drug-likeness (QED) is 0.523. The predicted octanol–water partition coefficient (Wildman–Crippen LogP) is 4.21. The monoisotopic (exact) mass is 503 g/mol. The highest BCUT2D eigenvalue weighted by Gasteiger charge is 2.33. The second kappa shape index (κ2) is 7.72. The van der Waals surface area contributed by atoms with Crippen LogP contribution in [0.5, 0.6) is 5.75 Å². The van der Waals surface area contributed by atoms with E-state index >= 15 is 0 Å². The van der Waals surface area contributed by atoms with E-state index in [1.54, 1.807) is 11.6 Å². The first-order chi connectivity index (χ1) is 13.5. The molecule has 0 saturated heterocycles. The van der Waals surface area contributed by atoms with E-state index in [0.717, 1.165) is 5.56 Å². The van der Waals surface area contributed by atoms with Crippen molar-refractivity contribution in [1.82, 2.24) is 9.99 Å². The lowest BCUT2D eigenvalue weighted by Gasteiger charge is -2.23. The van der Waals surface area contributed by atoms with E-state index in [-0.39, 0.29) is 32.6 Å². The lowest BCUT2D eigenvalue weighted by atomic mass is 9.98. The van der Waals surface area contributed by atoms with Crippen LogP contribution in [0.1, 0.15) is 22.4 Å². The van der Waals surface area contributed by atoms with E-state index in [1.807, 2.05) is 42.5 Å². The van der Waals surface area contributed by atoms with Crippen LogP contribution in [0.4, 0.5) is 0 Å². The molecule has 1 aliphatic heterocycles. The van der Waals surface area contributed by atoms with Crippen molar-refractivity contribution >= 4 is 48.5 Å². The van der Waals surface area contributed by atoms with Crippen LogP contribution in [0, 0.1) is 0 Å². The molecule has 2 N–H and O–H groups in total. The summed E-state index contributed by atoms with van der Waals surface area (Å²) in [4.78, 5) is 13.0. The van der Waals surface area contributed by atoms with Gasteiger partial charge in [-0.1, -0.05) is 74.3 Å². The number of benzene rings is 2. The predicted molar refractivity (Wildman–Crippen MR) is 120 cm³/mol. The molecule has 3 atom stereocenters. The number of hydrazone groups is 1. The van der Waals surface area contributed by atoms with Crippen LogP contribution in [-0.4, -0.2) is 26.3 Å². The number of aryl methyl sites for hydroxylation is 1. The number of fused-ring (bicyclic) bond motifs is 1. The van der Waals surface area contributed by atoms with E-state index < -0.39 is 0 Å². The minimum absolute atomic E-state index is 0.00975. The van der Waals surface area contributed by atoms with Crippen LogP contribution in [0.2, 0.25) is 0 Å². The summed E-state index contributed by atoms with van der Waals surface area (Å²) in [5.41, 5.74) is 5.57. The van der Waals surface area contributed by atoms with Gasteiger partial charge in [0.05, 0.1) is 26.9 Å². The van der Waals surface area contributed by atoms with Gasteiger partial charge in [-0.25, -0.2) is 0 Å². The first-order valence-electron chi connectivity index (χ1n) is 8.95. The first kappa shape index (κ1) is 19.2. The molecule has 4 rings (SSSR count). The number of rotatable bonds is 4. The van der Waals surface area contributed by atoms with E-state index in [9.17, 15) is 9.90 Å². The van der Waals surface area contributed by atoms with E-state index in [1.165, 1.54) is 0 Å². The summed E-state index contributed by atoms with van der Waals surface area (Å²) in [5, 5.41) is 15.8. The molecular weight excluding hydrogens is 486 g/mol. The molecule has 28 heavy (non-hydrogen) atoms.